The number of nitrogens with zero attached hydrogens (tertiary/aromatic N) is 5. The predicted octanol–water partition coefficient (Wildman–Crippen LogP) is 3.66. The van der Waals surface area contributed by atoms with Gasteiger partial charge in [0, 0.05) is 38.4 Å². The van der Waals surface area contributed by atoms with E-state index in [1.54, 1.807) is 0 Å². The Morgan fingerprint density at radius 3 is 2.71 bits per heavy atom. The minimum absolute atomic E-state index is 0.153. The van der Waals surface area contributed by atoms with E-state index in [4.69, 9.17) is 4.42 Å². The van der Waals surface area contributed by atoms with E-state index in [2.05, 4.69) is 52.2 Å². The highest BCUT2D eigenvalue weighted by Crippen LogP contribution is 2.42. The van der Waals surface area contributed by atoms with Gasteiger partial charge >= 0.3 is 0 Å². The molecule has 4 rings (SSSR count). The van der Waals surface area contributed by atoms with Crippen LogP contribution in [-0.2, 0) is 20.1 Å². The smallest absolute Gasteiger partial charge is 0.208 e. The van der Waals surface area contributed by atoms with Crippen molar-refractivity contribution in [1.29, 1.82) is 0 Å². The van der Waals surface area contributed by atoms with Crippen LogP contribution in [0, 0.1) is 11.3 Å². The zero-order chi connectivity index (χ0) is 19.7. The van der Waals surface area contributed by atoms with Gasteiger partial charge in [-0.15, -0.1) is 0 Å². The van der Waals surface area contributed by atoms with Crippen molar-refractivity contribution < 1.29 is 4.42 Å². The zero-order valence-electron chi connectivity index (χ0n) is 17.9. The summed E-state index contributed by atoms with van der Waals surface area (Å²) in [4.78, 5) is 14.1. The Labute approximate surface area is 168 Å². The molecular formula is C22H35N5O. The van der Waals surface area contributed by atoms with E-state index >= 15 is 0 Å². The van der Waals surface area contributed by atoms with E-state index < -0.39 is 0 Å². The molecular weight excluding hydrogens is 350 g/mol. The summed E-state index contributed by atoms with van der Waals surface area (Å²) < 4.78 is 8.38. The summed E-state index contributed by atoms with van der Waals surface area (Å²) in [5, 5.41) is 0. The second kappa shape index (κ2) is 7.99. The maximum absolute atomic E-state index is 6.27. The number of likely N-dealkylation sites (tertiary alicyclic amines) is 2. The highest BCUT2D eigenvalue weighted by atomic mass is 16.4. The van der Waals surface area contributed by atoms with E-state index in [1.165, 1.54) is 19.4 Å². The Morgan fingerprint density at radius 2 is 2.00 bits per heavy atom. The largest absolute Gasteiger partial charge is 0.444 e. The first-order chi connectivity index (χ1) is 13.4. The van der Waals surface area contributed by atoms with Crippen molar-refractivity contribution >= 4 is 0 Å². The third-order valence-corrected chi connectivity index (χ3v) is 6.61. The molecule has 28 heavy (non-hydrogen) atoms. The van der Waals surface area contributed by atoms with Gasteiger partial charge < -0.3 is 8.98 Å². The molecule has 2 fully saturated rings. The Morgan fingerprint density at radius 1 is 1.14 bits per heavy atom. The molecule has 0 radical (unpaired) electrons. The van der Waals surface area contributed by atoms with Crippen LogP contribution in [0.1, 0.15) is 63.4 Å². The Bertz CT molecular complexity index is 779. The lowest BCUT2D eigenvalue weighted by Gasteiger charge is -2.43. The van der Waals surface area contributed by atoms with Crippen molar-refractivity contribution in [2.45, 2.75) is 59.0 Å². The first kappa shape index (κ1) is 19.6. The molecule has 2 aromatic rings. The number of rotatable bonds is 5. The van der Waals surface area contributed by atoms with E-state index in [0.717, 1.165) is 62.5 Å². The molecule has 4 heterocycles. The number of aryl methyl sites for hydroxylation is 1. The highest BCUT2D eigenvalue weighted by molar-refractivity contribution is 5.10. The second-order valence-electron chi connectivity index (χ2n) is 9.63. The van der Waals surface area contributed by atoms with Gasteiger partial charge in [-0.3, -0.25) is 9.80 Å². The molecule has 2 atom stereocenters. The minimum Gasteiger partial charge on any atom is -0.444 e. The maximum atomic E-state index is 6.27. The van der Waals surface area contributed by atoms with E-state index in [1.807, 2.05) is 18.6 Å². The number of imidazole rings is 1. The van der Waals surface area contributed by atoms with Gasteiger partial charge in [0.25, 0.3) is 0 Å². The standard InChI is InChI=1S/C22H35N5O/c1-17-6-5-9-26(13-17)15-21-24-12-19(28-21)18-7-10-27(16-22(18,2)3)14-20-23-8-11-25(20)4/h8,11-12,17-18H,5-7,9-10,13-16H2,1-4H3. The fourth-order valence-corrected chi connectivity index (χ4v) is 5.06. The van der Waals surface area contributed by atoms with Gasteiger partial charge in [0.2, 0.25) is 5.89 Å². The number of oxazole rings is 1. The minimum atomic E-state index is 0.153. The number of hydrogen-bond acceptors (Lipinski definition) is 5. The van der Waals surface area contributed by atoms with Gasteiger partial charge in [-0.05, 0) is 43.7 Å². The summed E-state index contributed by atoms with van der Waals surface area (Å²) in [6, 6.07) is 0. The monoisotopic (exact) mass is 385 g/mol. The molecule has 0 bridgehead atoms. The van der Waals surface area contributed by atoms with Crippen molar-refractivity contribution in [2.75, 3.05) is 26.2 Å². The molecule has 2 aliphatic heterocycles. The zero-order valence-corrected chi connectivity index (χ0v) is 17.9. The van der Waals surface area contributed by atoms with Crippen molar-refractivity contribution in [3.8, 4) is 0 Å². The molecule has 0 spiro atoms. The van der Waals surface area contributed by atoms with Crippen LogP contribution < -0.4 is 0 Å². The molecule has 2 aromatic heterocycles. The van der Waals surface area contributed by atoms with Crippen molar-refractivity contribution in [1.82, 2.24) is 24.3 Å². The molecule has 2 aliphatic rings. The predicted molar refractivity (Wildman–Crippen MR) is 110 cm³/mol. The fraction of sp³-hybridized carbons (Fsp3) is 0.727. The van der Waals surface area contributed by atoms with Gasteiger partial charge in [0.1, 0.15) is 11.6 Å². The second-order valence-corrected chi connectivity index (χ2v) is 9.63. The van der Waals surface area contributed by atoms with Crippen LogP contribution in [-0.4, -0.2) is 50.5 Å². The molecule has 0 N–H and O–H groups in total. The average Bonchev–Trinajstić information content (AvgIpc) is 3.24. The van der Waals surface area contributed by atoms with Crippen LogP contribution in [0.5, 0.6) is 0 Å². The maximum Gasteiger partial charge on any atom is 0.208 e. The lowest BCUT2D eigenvalue weighted by Crippen LogP contribution is -2.44. The molecule has 0 amide bonds. The summed E-state index contributed by atoms with van der Waals surface area (Å²) >= 11 is 0. The topological polar surface area (TPSA) is 50.3 Å². The van der Waals surface area contributed by atoms with Crippen LogP contribution in [0.25, 0.3) is 0 Å². The third kappa shape index (κ3) is 4.33. The van der Waals surface area contributed by atoms with Crippen LogP contribution in [0.2, 0.25) is 0 Å². The first-order valence-corrected chi connectivity index (χ1v) is 10.8. The van der Waals surface area contributed by atoms with Gasteiger partial charge in [-0.25, -0.2) is 9.97 Å². The van der Waals surface area contributed by atoms with Crippen LogP contribution in [0.4, 0.5) is 0 Å². The van der Waals surface area contributed by atoms with E-state index in [9.17, 15) is 0 Å². The number of aromatic nitrogens is 3. The van der Waals surface area contributed by atoms with Gasteiger partial charge in [0.05, 0.1) is 19.3 Å². The Kier molecular flexibility index (Phi) is 5.61. The Balaban J connectivity index is 1.38. The summed E-state index contributed by atoms with van der Waals surface area (Å²) in [5.41, 5.74) is 0.153. The number of piperidine rings is 2. The van der Waals surface area contributed by atoms with Crippen LogP contribution in [0.15, 0.2) is 23.0 Å². The van der Waals surface area contributed by atoms with E-state index in [-0.39, 0.29) is 5.41 Å². The van der Waals surface area contributed by atoms with E-state index in [0.29, 0.717) is 5.92 Å². The fourth-order valence-electron chi connectivity index (χ4n) is 5.06. The normalized spacial score (nSPS) is 26.6. The molecule has 0 saturated carbocycles. The molecule has 2 saturated heterocycles. The molecule has 6 nitrogen and oxygen atoms in total. The summed E-state index contributed by atoms with van der Waals surface area (Å²) in [6.45, 7) is 13.3. The lowest BCUT2D eigenvalue weighted by atomic mass is 9.73. The summed E-state index contributed by atoms with van der Waals surface area (Å²) in [7, 11) is 2.07. The van der Waals surface area contributed by atoms with Crippen LogP contribution in [0.3, 0.4) is 0 Å². The van der Waals surface area contributed by atoms with Crippen LogP contribution >= 0.6 is 0 Å². The van der Waals surface area contributed by atoms with Gasteiger partial charge in [-0.1, -0.05) is 20.8 Å². The van der Waals surface area contributed by atoms with Gasteiger partial charge in [-0.2, -0.15) is 0 Å². The molecule has 154 valence electrons. The number of hydrogen-bond donors (Lipinski definition) is 0. The molecule has 0 aliphatic carbocycles. The van der Waals surface area contributed by atoms with Crippen molar-refractivity contribution in [3.63, 3.8) is 0 Å². The van der Waals surface area contributed by atoms with Gasteiger partial charge in [0.15, 0.2) is 0 Å². The SMILES string of the molecule is CC1CCCN(Cc2ncc(C3CCN(Cc4nccn4C)CC3(C)C)o2)C1. The first-order valence-electron chi connectivity index (χ1n) is 10.8. The highest BCUT2D eigenvalue weighted by Gasteiger charge is 2.39. The van der Waals surface area contributed by atoms with Crippen molar-refractivity contribution in [3.05, 3.63) is 36.1 Å². The average molecular weight is 386 g/mol. The molecule has 6 heteroatoms. The lowest BCUT2D eigenvalue weighted by molar-refractivity contribution is 0.0741. The van der Waals surface area contributed by atoms with Crippen molar-refractivity contribution in [2.24, 2.45) is 18.4 Å². The Hall–Kier alpha value is -1.66. The quantitative estimate of drug-likeness (QED) is 0.786. The molecule has 2 unspecified atom stereocenters. The summed E-state index contributed by atoms with van der Waals surface area (Å²) in [6.07, 6.45) is 9.63. The summed E-state index contributed by atoms with van der Waals surface area (Å²) in [5.74, 6) is 4.29. The molecule has 0 aromatic carbocycles. The third-order valence-electron chi connectivity index (χ3n) is 6.61.